The minimum atomic E-state index is -0.456. The summed E-state index contributed by atoms with van der Waals surface area (Å²) in [7, 11) is 0. The lowest BCUT2D eigenvalue weighted by atomic mass is 10.1. The quantitative estimate of drug-likeness (QED) is 0.729. The minimum absolute atomic E-state index is 0.0300. The van der Waals surface area contributed by atoms with Crippen molar-refractivity contribution >= 4 is 17.5 Å². The van der Waals surface area contributed by atoms with E-state index in [4.69, 9.17) is 11.6 Å². The van der Waals surface area contributed by atoms with Gasteiger partial charge in [-0.25, -0.2) is 0 Å². The minimum Gasteiger partial charge on any atom is -0.391 e. The first kappa shape index (κ1) is 11.8. The number of rotatable bonds is 3. The van der Waals surface area contributed by atoms with E-state index in [1.165, 1.54) is 0 Å². The van der Waals surface area contributed by atoms with Crippen LogP contribution in [0.5, 0.6) is 0 Å². The molecule has 82 valence electrons. The Bertz CT molecular complexity index is 208. The van der Waals surface area contributed by atoms with Crippen LogP contribution in [0.1, 0.15) is 33.1 Å². The number of aliphatic hydroxyl groups is 1. The fourth-order valence-electron chi connectivity index (χ4n) is 1.92. The van der Waals surface area contributed by atoms with Gasteiger partial charge in [0.1, 0.15) is 5.38 Å². The highest BCUT2D eigenvalue weighted by atomic mass is 35.5. The zero-order valence-corrected chi connectivity index (χ0v) is 9.50. The van der Waals surface area contributed by atoms with E-state index in [1.807, 2.05) is 6.92 Å². The number of hydrogen-bond donors (Lipinski definition) is 1. The molecule has 4 heteroatoms. The summed E-state index contributed by atoms with van der Waals surface area (Å²) in [6.45, 7) is 4.35. The van der Waals surface area contributed by atoms with Gasteiger partial charge in [0, 0.05) is 6.54 Å². The second kappa shape index (κ2) is 4.99. The van der Waals surface area contributed by atoms with Crippen LogP contribution in [0, 0.1) is 0 Å². The Morgan fingerprint density at radius 3 is 2.86 bits per heavy atom. The Labute approximate surface area is 90.0 Å². The first-order valence-corrected chi connectivity index (χ1v) is 5.64. The average Bonchev–Trinajstić information content (AvgIpc) is 2.63. The SMILES string of the molecule is CC[C@H](Cl)C(=O)N1CCC[C@@H]1[C@@H](C)O. The Morgan fingerprint density at radius 2 is 2.36 bits per heavy atom. The fraction of sp³-hybridized carbons (Fsp3) is 0.900. The molecule has 1 saturated heterocycles. The van der Waals surface area contributed by atoms with Gasteiger partial charge in [0.05, 0.1) is 12.1 Å². The van der Waals surface area contributed by atoms with E-state index in [2.05, 4.69) is 0 Å². The third kappa shape index (κ3) is 2.39. The summed E-state index contributed by atoms with van der Waals surface area (Å²) >= 11 is 5.89. The summed E-state index contributed by atoms with van der Waals surface area (Å²) < 4.78 is 0. The lowest BCUT2D eigenvalue weighted by Crippen LogP contribution is -2.44. The van der Waals surface area contributed by atoms with Crippen molar-refractivity contribution in [3.8, 4) is 0 Å². The van der Waals surface area contributed by atoms with Crippen molar-refractivity contribution in [1.82, 2.24) is 4.90 Å². The molecule has 0 aliphatic carbocycles. The molecule has 0 aromatic carbocycles. The Hall–Kier alpha value is -0.280. The van der Waals surface area contributed by atoms with Crippen LogP contribution in [-0.2, 0) is 4.79 Å². The van der Waals surface area contributed by atoms with E-state index in [1.54, 1.807) is 11.8 Å². The molecule has 0 spiro atoms. The molecule has 1 N–H and O–H groups in total. The van der Waals surface area contributed by atoms with Crippen LogP contribution in [0.15, 0.2) is 0 Å². The molecule has 3 nitrogen and oxygen atoms in total. The molecular formula is C10H18ClNO2. The standard InChI is InChI=1S/C10H18ClNO2/c1-3-8(11)10(14)12-6-4-5-9(12)7(2)13/h7-9,13H,3-6H2,1-2H3/t7-,8+,9-/m1/s1. The van der Waals surface area contributed by atoms with Crippen LogP contribution in [0.2, 0.25) is 0 Å². The van der Waals surface area contributed by atoms with Gasteiger partial charge in [-0.3, -0.25) is 4.79 Å². The van der Waals surface area contributed by atoms with Crippen LogP contribution in [-0.4, -0.2) is 40.0 Å². The molecule has 0 saturated carbocycles. The molecule has 1 heterocycles. The van der Waals surface area contributed by atoms with E-state index >= 15 is 0 Å². The van der Waals surface area contributed by atoms with Gasteiger partial charge in [-0.2, -0.15) is 0 Å². The maximum absolute atomic E-state index is 11.8. The molecule has 0 radical (unpaired) electrons. The smallest absolute Gasteiger partial charge is 0.240 e. The summed E-state index contributed by atoms with van der Waals surface area (Å²) in [5.41, 5.74) is 0. The first-order valence-electron chi connectivity index (χ1n) is 5.20. The number of nitrogens with zero attached hydrogens (tertiary/aromatic N) is 1. The molecule has 3 atom stereocenters. The normalized spacial score (nSPS) is 26.3. The number of carbonyl (C=O) groups is 1. The fourth-order valence-corrected chi connectivity index (χ4v) is 2.05. The van der Waals surface area contributed by atoms with Crippen LogP contribution in [0.4, 0.5) is 0 Å². The first-order chi connectivity index (χ1) is 6.57. The topological polar surface area (TPSA) is 40.5 Å². The third-order valence-corrected chi connectivity index (χ3v) is 3.26. The number of likely N-dealkylation sites (tertiary alicyclic amines) is 1. The van der Waals surface area contributed by atoms with Crippen molar-refractivity contribution in [2.24, 2.45) is 0 Å². The van der Waals surface area contributed by atoms with E-state index in [9.17, 15) is 9.90 Å². The van der Waals surface area contributed by atoms with Crippen LogP contribution < -0.4 is 0 Å². The van der Waals surface area contributed by atoms with Crippen molar-refractivity contribution in [3.63, 3.8) is 0 Å². The van der Waals surface area contributed by atoms with Crippen LogP contribution in [0.25, 0.3) is 0 Å². The van der Waals surface area contributed by atoms with Crippen molar-refractivity contribution in [1.29, 1.82) is 0 Å². The maximum atomic E-state index is 11.8. The van der Waals surface area contributed by atoms with Crippen molar-refractivity contribution in [2.75, 3.05) is 6.54 Å². The maximum Gasteiger partial charge on any atom is 0.240 e. The highest BCUT2D eigenvalue weighted by Crippen LogP contribution is 2.22. The summed E-state index contributed by atoms with van der Waals surface area (Å²) in [4.78, 5) is 13.5. The summed E-state index contributed by atoms with van der Waals surface area (Å²) in [5, 5.41) is 9.05. The second-order valence-electron chi connectivity index (χ2n) is 3.86. The molecule has 0 unspecified atom stereocenters. The van der Waals surface area contributed by atoms with Gasteiger partial charge in [-0.1, -0.05) is 6.92 Å². The summed E-state index contributed by atoms with van der Waals surface area (Å²) in [6, 6.07) is -0.0321. The molecule has 0 bridgehead atoms. The van der Waals surface area contributed by atoms with Crippen LogP contribution >= 0.6 is 11.6 Å². The Morgan fingerprint density at radius 1 is 1.71 bits per heavy atom. The van der Waals surface area contributed by atoms with Crippen molar-refractivity contribution in [3.05, 3.63) is 0 Å². The molecule has 1 fully saturated rings. The largest absolute Gasteiger partial charge is 0.391 e. The molecule has 1 rings (SSSR count). The van der Waals surface area contributed by atoms with E-state index in [0.29, 0.717) is 6.42 Å². The van der Waals surface area contributed by atoms with Gasteiger partial charge in [-0.15, -0.1) is 11.6 Å². The van der Waals surface area contributed by atoms with E-state index < -0.39 is 11.5 Å². The molecular weight excluding hydrogens is 202 g/mol. The summed E-state index contributed by atoms with van der Waals surface area (Å²) in [5.74, 6) is -0.0300. The molecule has 0 aromatic rings. The number of hydrogen-bond acceptors (Lipinski definition) is 2. The highest BCUT2D eigenvalue weighted by molar-refractivity contribution is 6.30. The second-order valence-corrected chi connectivity index (χ2v) is 4.38. The van der Waals surface area contributed by atoms with Crippen molar-refractivity contribution in [2.45, 2.75) is 50.6 Å². The van der Waals surface area contributed by atoms with Gasteiger partial charge in [-0.05, 0) is 26.2 Å². The number of amides is 1. The zero-order chi connectivity index (χ0) is 10.7. The predicted octanol–water partition coefficient (Wildman–Crippen LogP) is 1.38. The molecule has 1 aliphatic heterocycles. The monoisotopic (exact) mass is 219 g/mol. The molecule has 1 aliphatic rings. The van der Waals surface area contributed by atoms with E-state index in [0.717, 1.165) is 19.4 Å². The highest BCUT2D eigenvalue weighted by Gasteiger charge is 2.33. The van der Waals surface area contributed by atoms with Crippen LogP contribution in [0.3, 0.4) is 0 Å². The number of aliphatic hydroxyl groups excluding tert-OH is 1. The van der Waals surface area contributed by atoms with Gasteiger partial charge in [0.25, 0.3) is 0 Å². The number of alkyl halides is 1. The molecule has 0 aromatic heterocycles. The zero-order valence-electron chi connectivity index (χ0n) is 8.74. The lowest BCUT2D eigenvalue weighted by molar-refractivity contribution is -0.133. The van der Waals surface area contributed by atoms with Crippen molar-refractivity contribution < 1.29 is 9.90 Å². The molecule has 1 amide bonds. The Balaban J connectivity index is 2.62. The number of halogens is 1. The summed E-state index contributed by atoms with van der Waals surface area (Å²) in [6.07, 6.45) is 2.04. The number of carbonyl (C=O) groups excluding carboxylic acids is 1. The van der Waals surface area contributed by atoms with Gasteiger partial charge < -0.3 is 10.0 Å². The molecule has 14 heavy (non-hydrogen) atoms. The third-order valence-electron chi connectivity index (χ3n) is 2.77. The van der Waals surface area contributed by atoms with Gasteiger partial charge >= 0.3 is 0 Å². The van der Waals surface area contributed by atoms with Gasteiger partial charge in [0.15, 0.2) is 0 Å². The predicted molar refractivity (Wildman–Crippen MR) is 56.3 cm³/mol. The van der Waals surface area contributed by atoms with E-state index in [-0.39, 0.29) is 11.9 Å². The lowest BCUT2D eigenvalue weighted by Gasteiger charge is -2.28. The average molecular weight is 220 g/mol. The van der Waals surface area contributed by atoms with Gasteiger partial charge in [0.2, 0.25) is 5.91 Å². The Kier molecular flexibility index (Phi) is 4.20.